The first-order chi connectivity index (χ1) is 15.8. The number of nitrogens with zero attached hydrogens (tertiary/aromatic N) is 1. The second-order valence-corrected chi connectivity index (χ2v) is 7.77. The summed E-state index contributed by atoms with van der Waals surface area (Å²) >= 11 is 0. The molecule has 1 heterocycles. The van der Waals surface area contributed by atoms with Crippen molar-refractivity contribution >= 4 is 39.8 Å². The van der Waals surface area contributed by atoms with E-state index in [2.05, 4.69) is 10.6 Å². The monoisotopic (exact) mass is 451 g/mol. The van der Waals surface area contributed by atoms with Gasteiger partial charge in [-0.1, -0.05) is 25.5 Å². The van der Waals surface area contributed by atoms with E-state index >= 15 is 0 Å². The molecule has 174 valence electrons. The molecule has 2 aromatic carbocycles. The predicted molar refractivity (Wildman–Crippen MR) is 129 cm³/mol. The largest absolute Gasteiger partial charge is 0.495 e. The summed E-state index contributed by atoms with van der Waals surface area (Å²) in [6.07, 6.45) is 2.07. The average molecular weight is 452 g/mol. The maximum atomic E-state index is 12.7. The van der Waals surface area contributed by atoms with Gasteiger partial charge < -0.3 is 24.7 Å². The summed E-state index contributed by atoms with van der Waals surface area (Å²) in [5, 5.41) is 6.33. The van der Waals surface area contributed by atoms with Crippen LogP contribution in [0, 0.1) is 0 Å². The Kier molecular flexibility index (Phi) is 7.71. The normalized spacial score (nSPS) is 11.6. The molecule has 0 unspecified atom stereocenters. The number of nitrogens with one attached hydrogen (secondary N) is 2. The van der Waals surface area contributed by atoms with Crippen molar-refractivity contribution in [2.24, 2.45) is 0 Å². The van der Waals surface area contributed by atoms with Gasteiger partial charge in [-0.25, -0.2) is 4.79 Å². The number of hydrogen-bond acceptors (Lipinski definition) is 6. The number of hydrogen-bond donors (Lipinski definition) is 2. The number of ether oxygens (including phenoxy) is 1. The van der Waals surface area contributed by atoms with Crippen LogP contribution in [0.4, 0.5) is 17.1 Å². The molecule has 0 saturated heterocycles. The lowest BCUT2D eigenvalue weighted by atomic mass is 10.1. The van der Waals surface area contributed by atoms with Gasteiger partial charge in [0.1, 0.15) is 17.4 Å². The summed E-state index contributed by atoms with van der Waals surface area (Å²) < 4.78 is 10.7. The molecule has 0 saturated carbocycles. The quantitative estimate of drug-likeness (QED) is 0.473. The highest BCUT2D eigenvalue weighted by Crippen LogP contribution is 2.34. The summed E-state index contributed by atoms with van der Waals surface area (Å²) in [5.41, 5.74) is 1.88. The molecule has 1 atom stereocenters. The molecular weight excluding hydrogens is 422 g/mol. The summed E-state index contributed by atoms with van der Waals surface area (Å²) in [6, 6.07) is 13.3. The lowest BCUT2D eigenvalue weighted by Gasteiger charge is -2.23. The molecule has 3 aromatic rings. The van der Waals surface area contributed by atoms with Crippen LogP contribution in [-0.2, 0) is 9.59 Å². The first kappa shape index (κ1) is 23.8. The van der Waals surface area contributed by atoms with Crippen LogP contribution in [0.15, 0.2) is 57.7 Å². The van der Waals surface area contributed by atoms with Gasteiger partial charge in [0, 0.05) is 30.6 Å². The van der Waals surface area contributed by atoms with E-state index in [-0.39, 0.29) is 11.8 Å². The minimum atomic E-state index is -0.705. The van der Waals surface area contributed by atoms with E-state index in [1.165, 1.54) is 13.2 Å². The number of anilines is 3. The van der Waals surface area contributed by atoms with Crippen LogP contribution in [-0.4, -0.2) is 32.0 Å². The lowest BCUT2D eigenvalue weighted by molar-refractivity contribution is -0.126. The van der Waals surface area contributed by atoms with Crippen molar-refractivity contribution in [1.82, 2.24) is 5.32 Å². The van der Waals surface area contributed by atoms with Crippen molar-refractivity contribution in [2.45, 2.75) is 39.2 Å². The Labute approximate surface area is 192 Å². The highest BCUT2D eigenvalue weighted by atomic mass is 16.5. The molecule has 1 aromatic heterocycles. The van der Waals surface area contributed by atoms with E-state index in [0.717, 1.165) is 23.9 Å². The number of carbonyl (C=O) groups is 2. The first-order valence-electron chi connectivity index (χ1n) is 10.9. The number of methoxy groups -OCH3 is 1. The lowest BCUT2D eigenvalue weighted by Crippen LogP contribution is -2.41. The van der Waals surface area contributed by atoms with Gasteiger partial charge in [0.2, 0.25) is 11.8 Å². The second-order valence-electron chi connectivity index (χ2n) is 7.77. The van der Waals surface area contributed by atoms with Crippen molar-refractivity contribution < 1.29 is 18.7 Å². The van der Waals surface area contributed by atoms with Crippen LogP contribution in [0.2, 0.25) is 0 Å². The summed E-state index contributed by atoms with van der Waals surface area (Å²) in [6.45, 7) is 3.64. The van der Waals surface area contributed by atoms with E-state index in [1.54, 1.807) is 31.2 Å². The number of rotatable bonds is 9. The summed E-state index contributed by atoms with van der Waals surface area (Å²) in [7, 11) is 3.34. The Morgan fingerprint density at radius 1 is 1.15 bits per heavy atom. The van der Waals surface area contributed by atoms with Crippen molar-refractivity contribution in [3.05, 3.63) is 59.0 Å². The van der Waals surface area contributed by atoms with E-state index in [1.807, 2.05) is 37.1 Å². The third-order valence-electron chi connectivity index (χ3n) is 5.35. The zero-order valence-electron chi connectivity index (χ0n) is 19.3. The molecule has 0 aliphatic heterocycles. The first-order valence-corrected chi connectivity index (χ1v) is 10.9. The smallest absolute Gasteiger partial charge is 0.338 e. The van der Waals surface area contributed by atoms with Crippen LogP contribution in [0.25, 0.3) is 11.0 Å². The van der Waals surface area contributed by atoms with Crippen molar-refractivity contribution in [1.29, 1.82) is 0 Å². The van der Waals surface area contributed by atoms with Gasteiger partial charge in [-0.05, 0) is 43.7 Å². The maximum Gasteiger partial charge on any atom is 0.338 e. The van der Waals surface area contributed by atoms with Gasteiger partial charge >= 0.3 is 5.63 Å². The molecule has 0 aliphatic rings. The second kappa shape index (κ2) is 10.7. The topological polar surface area (TPSA) is 101 Å². The number of benzene rings is 2. The maximum absolute atomic E-state index is 12.7. The number of amides is 2. The van der Waals surface area contributed by atoms with Crippen molar-refractivity contribution in [2.75, 3.05) is 24.4 Å². The molecule has 2 N–H and O–H groups in total. The van der Waals surface area contributed by atoms with Gasteiger partial charge in [0.25, 0.3) is 0 Å². The van der Waals surface area contributed by atoms with Crippen LogP contribution < -0.4 is 25.9 Å². The predicted octanol–water partition coefficient (Wildman–Crippen LogP) is 4.20. The van der Waals surface area contributed by atoms with Crippen molar-refractivity contribution in [3.63, 3.8) is 0 Å². The SMILES string of the molecule is CCCCC(=O)N[C@@H](C)C(=O)Nc1cc(N(C)c2cc(=O)oc3ccccc23)ccc1OC. The van der Waals surface area contributed by atoms with Crippen LogP contribution in [0.5, 0.6) is 5.75 Å². The minimum Gasteiger partial charge on any atom is -0.495 e. The van der Waals surface area contributed by atoms with E-state index in [9.17, 15) is 14.4 Å². The Balaban J connectivity index is 1.86. The fourth-order valence-electron chi connectivity index (χ4n) is 3.47. The van der Waals surface area contributed by atoms with Gasteiger partial charge in [-0.3, -0.25) is 9.59 Å². The molecule has 0 radical (unpaired) electrons. The van der Waals surface area contributed by atoms with E-state index < -0.39 is 11.7 Å². The highest BCUT2D eigenvalue weighted by Gasteiger charge is 2.19. The molecule has 8 heteroatoms. The molecule has 0 spiro atoms. The molecule has 33 heavy (non-hydrogen) atoms. The summed E-state index contributed by atoms with van der Waals surface area (Å²) in [5.74, 6) is -0.0408. The average Bonchev–Trinajstić information content (AvgIpc) is 2.81. The Bertz CT molecular complexity index is 1200. The Morgan fingerprint density at radius 2 is 1.91 bits per heavy atom. The van der Waals surface area contributed by atoms with E-state index in [4.69, 9.17) is 9.15 Å². The Morgan fingerprint density at radius 3 is 2.64 bits per heavy atom. The van der Waals surface area contributed by atoms with Crippen LogP contribution in [0.1, 0.15) is 33.1 Å². The molecule has 8 nitrogen and oxygen atoms in total. The number of fused-ring (bicyclic) bond motifs is 1. The van der Waals surface area contributed by atoms with Crippen LogP contribution >= 0.6 is 0 Å². The zero-order valence-corrected chi connectivity index (χ0v) is 19.3. The van der Waals surface area contributed by atoms with Gasteiger partial charge in [-0.2, -0.15) is 0 Å². The molecule has 2 amide bonds. The number of unbranched alkanes of at least 4 members (excludes halogenated alkanes) is 1. The van der Waals surface area contributed by atoms with Gasteiger partial charge in [0.05, 0.1) is 18.5 Å². The fraction of sp³-hybridized carbons (Fsp3) is 0.320. The van der Waals surface area contributed by atoms with E-state index in [0.29, 0.717) is 29.1 Å². The fourth-order valence-corrected chi connectivity index (χ4v) is 3.47. The Hall–Kier alpha value is -3.81. The zero-order chi connectivity index (χ0) is 24.0. The third kappa shape index (κ3) is 5.71. The molecule has 3 rings (SSSR count). The van der Waals surface area contributed by atoms with Crippen LogP contribution in [0.3, 0.4) is 0 Å². The standard InChI is InChI=1S/C25H29N3O5/c1-5-6-11-23(29)26-16(2)25(31)27-19-14-17(12-13-22(19)32-4)28(3)20-15-24(30)33-21-10-8-7-9-18(20)21/h7-10,12-16H,5-6,11H2,1-4H3,(H,26,29)(H,27,31)/t16-/m0/s1. The number of para-hydroxylation sites is 1. The third-order valence-corrected chi connectivity index (χ3v) is 5.35. The molecule has 0 bridgehead atoms. The minimum absolute atomic E-state index is 0.158. The van der Waals surface area contributed by atoms with Crippen molar-refractivity contribution in [3.8, 4) is 5.75 Å². The summed E-state index contributed by atoms with van der Waals surface area (Å²) in [4.78, 5) is 38.6. The molecule has 0 aliphatic carbocycles. The molecular formula is C25H29N3O5. The van der Waals surface area contributed by atoms with Gasteiger partial charge in [0.15, 0.2) is 0 Å². The highest BCUT2D eigenvalue weighted by molar-refractivity contribution is 5.99. The molecule has 0 fully saturated rings. The van der Waals surface area contributed by atoms with Gasteiger partial charge in [-0.15, -0.1) is 0 Å². The number of carbonyl (C=O) groups excluding carboxylic acids is 2.